The molecule has 0 aliphatic carbocycles. The summed E-state index contributed by atoms with van der Waals surface area (Å²) in [6, 6.07) is 8.07. The fourth-order valence-electron chi connectivity index (χ4n) is 3.61. The van der Waals surface area contributed by atoms with Gasteiger partial charge in [-0.2, -0.15) is 17.0 Å². The number of nitrogens with one attached hydrogen (secondary N) is 1. The summed E-state index contributed by atoms with van der Waals surface area (Å²) in [7, 11) is 0. The van der Waals surface area contributed by atoms with Gasteiger partial charge >= 0.3 is 0 Å². The lowest BCUT2D eigenvalue weighted by atomic mass is 9.95. The number of anilines is 1. The van der Waals surface area contributed by atoms with Crippen LogP contribution in [0.4, 0.5) is 5.82 Å². The largest absolute Gasteiger partial charge is 0.379 e. The molecule has 4 rings (SSSR count). The van der Waals surface area contributed by atoms with Gasteiger partial charge in [-0.3, -0.25) is 9.30 Å². The Balaban J connectivity index is 1.57. The molecule has 2 saturated heterocycles. The molecule has 2 aliphatic heterocycles. The van der Waals surface area contributed by atoms with Crippen molar-refractivity contribution in [3.05, 3.63) is 30.1 Å². The van der Waals surface area contributed by atoms with E-state index in [0.717, 1.165) is 44.2 Å². The van der Waals surface area contributed by atoms with Gasteiger partial charge in [0.1, 0.15) is 11.7 Å². The van der Waals surface area contributed by atoms with Gasteiger partial charge < -0.3 is 10.1 Å². The highest BCUT2D eigenvalue weighted by Crippen LogP contribution is 2.34. The fourth-order valence-corrected chi connectivity index (χ4v) is 5.09. The van der Waals surface area contributed by atoms with Crippen LogP contribution in [0.2, 0.25) is 0 Å². The number of fused-ring (bicyclic) bond motifs is 1. The number of morpholine rings is 1. The molecule has 2 aromatic heterocycles. The van der Waals surface area contributed by atoms with Crippen LogP contribution in [-0.2, 0) is 4.74 Å². The first kappa shape index (κ1) is 15.8. The summed E-state index contributed by atoms with van der Waals surface area (Å²) in [5, 5.41) is 13.0. The Labute approximate surface area is 145 Å². The van der Waals surface area contributed by atoms with E-state index in [1.54, 1.807) is 0 Å². The van der Waals surface area contributed by atoms with Gasteiger partial charge in [-0.15, -0.1) is 0 Å². The summed E-state index contributed by atoms with van der Waals surface area (Å²) < 4.78 is 7.36. The molecule has 0 amide bonds. The van der Waals surface area contributed by atoms with Gasteiger partial charge in [0.05, 0.1) is 13.2 Å². The molecular weight excluding hydrogens is 322 g/mol. The van der Waals surface area contributed by atoms with Crippen LogP contribution in [0.15, 0.2) is 24.4 Å². The van der Waals surface area contributed by atoms with Crippen LogP contribution in [0.3, 0.4) is 0 Å². The molecule has 0 radical (unpaired) electrons. The van der Waals surface area contributed by atoms with Crippen molar-refractivity contribution in [1.82, 2.24) is 14.3 Å². The number of ether oxygens (including phenoxy) is 1. The number of imidazole rings is 1. The number of nitrogens with zero attached hydrogens (tertiary/aromatic N) is 4. The zero-order chi connectivity index (χ0) is 16.4. The third kappa shape index (κ3) is 2.75. The van der Waals surface area contributed by atoms with E-state index in [9.17, 15) is 5.26 Å². The first-order chi connectivity index (χ1) is 11.8. The third-order valence-electron chi connectivity index (χ3n) is 4.99. The highest BCUT2D eigenvalue weighted by atomic mass is 32.2. The average molecular weight is 343 g/mol. The SMILES string of the molecule is N#Cc1c(NCC2(N3CCOCC3)CCSC2)nc2ccccn12. The topological polar surface area (TPSA) is 65.6 Å². The van der Waals surface area contributed by atoms with E-state index in [4.69, 9.17) is 4.74 Å². The standard InChI is InChI=1S/C17H21N5OS/c18-11-14-16(20-15-3-1-2-5-22(14)15)19-12-17(4-10-24-13-17)21-6-8-23-9-7-21/h1-3,5,19H,4,6-10,12-13H2. The molecule has 7 heteroatoms. The van der Waals surface area contributed by atoms with Gasteiger partial charge in [0.15, 0.2) is 11.5 Å². The minimum atomic E-state index is 0.136. The van der Waals surface area contributed by atoms with Crippen molar-refractivity contribution in [2.24, 2.45) is 0 Å². The number of pyridine rings is 1. The van der Waals surface area contributed by atoms with Crippen LogP contribution in [0, 0.1) is 11.3 Å². The first-order valence-corrected chi connectivity index (χ1v) is 9.49. The maximum atomic E-state index is 9.53. The van der Waals surface area contributed by atoms with Gasteiger partial charge in [-0.05, 0) is 24.3 Å². The van der Waals surface area contributed by atoms with Crippen LogP contribution < -0.4 is 5.32 Å². The molecule has 24 heavy (non-hydrogen) atoms. The third-order valence-corrected chi connectivity index (χ3v) is 6.22. The summed E-state index contributed by atoms with van der Waals surface area (Å²) in [5.41, 5.74) is 1.52. The number of rotatable bonds is 4. The van der Waals surface area contributed by atoms with Crippen molar-refractivity contribution in [3.63, 3.8) is 0 Å². The summed E-state index contributed by atoms with van der Waals surface area (Å²) in [6.07, 6.45) is 3.05. The molecule has 1 unspecified atom stereocenters. The van der Waals surface area contributed by atoms with Crippen molar-refractivity contribution < 1.29 is 4.74 Å². The van der Waals surface area contributed by atoms with E-state index in [1.165, 1.54) is 12.2 Å². The predicted molar refractivity (Wildman–Crippen MR) is 95.5 cm³/mol. The Hall–Kier alpha value is -1.75. The molecule has 1 N–H and O–H groups in total. The van der Waals surface area contributed by atoms with Gasteiger partial charge in [0, 0.05) is 37.1 Å². The number of hydrogen-bond acceptors (Lipinski definition) is 6. The second-order valence-electron chi connectivity index (χ2n) is 6.33. The zero-order valence-electron chi connectivity index (χ0n) is 13.6. The maximum absolute atomic E-state index is 9.53. The number of nitriles is 1. The zero-order valence-corrected chi connectivity index (χ0v) is 14.4. The summed E-state index contributed by atoms with van der Waals surface area (Å²) in [4.78, 5) is 7.16. The van der Waals surface area contributed by atoms with Crippen LogP contribution in [-0.4, -0.2) is 64.2 Å². The minimum Gasteiger partial charge on any atom is -0.379 e. The normalized spacial score (nSPS) is 25.0. The Morgan fingerprint density at radius 1 is 1.38 bits per heavy atom. The van der Waals surface area contributed by atoms with Gasteiger partial charge in [0.25, 0.3) is 0 Å². The molecule has 4 heterocycles. The highest BCUT2D eigenvalue weighted by Gasteiger charge is 2.40. The molecule has 2 aromatic rings. The van der Waals surface area contributed by atoms with E-state index < -0.39 is 0 Å². The van der Waals surface area contributed by atoms with Crippen LogP contribution in [0.1, 0.15) is 12.1 Å². The first-order valence-electron chi connectivity index (χ1n) is 8.34. The van der Waals surface area contributed by atoms with Gasteiger partial charge in [0.2, 0.25) is 0 Å². The monoisotopic (exact) mass is 343 g/mol. The Morgan fingerprint density at radius 3 is 3.00 bits per heavy atom. The molecule has 0 saturated carbocycles. The van der Waals surface area contributed by atoms with Crippen molar-refractivity contribution in [1.29, 1.82) is 5.26 Å². The van der Waals surface area contributed by atoms with E-state index >= 15 is 0 Å². The lowest BCUT2D eigenvalue weighted by molar-refractivity contribution is -0.00922. The number of hydrogen-bond donors (Lipinski definition) is 1. The number of aromatic nitrogens is 2. The Kier molecular flexibility index (Phi) is 4.35. The molecule has 0 aromatic carbocycles. The summed E-state index contributed by atoms with van der Waals surface area (Å²) in [6.45, 7) is 4.41. The van der Waals surface area contributed by atoms with Gasteiger partial charge in [-0.25, -0.2) is 4.98 Å². The second kappa shape index (κ2) is 6.63. The predicted octanol–water partition coefficient (Wildman–Crippen LogP) is 1.83. The summed E-state index contributed by atoms with van der Waals surface area (Å²) >= 11 is 2.01. The van der Waals surface area contributed by atoms with Crippen LogP contribution in [0.25, 0.3) is 5.65 Å². The van der Waals surface area contributed by atoms with Crippen LogP contribution in [0.5, 0.6) is 0 Å². The van der Waals surface area contributed by atoms with E-state index in [0.29, 0.717) is 11.5 Å². The van der Waals surface area contributed by atoms with Crippen molar-refractivity contribution in [2.75, 3.05) is 49.7 Å². The van der Waals surface area contributed by atoms with E-state index in [-0.39, 0.29) is 5.54 Å². The highest BCUT2D eigenvalue weighted by molar-refractivity contribution is 7.99. The van der Waals surface area contributed by atoms with E-state index in [2.05, 4.69) is 21.3 Å². The minimum absolute atomic E-state index is 0.136. The molecule has 0 spiro atoms. The van der Waals surface area contributed by atoms with Crippen LogP contribution >= 0.6 is 11.8 Å². The van der Waals surface area contributed by atoms with Crippen molar-refractivity contribution >= 4 is 23.2 Å². The number of thioether (sulfide) groups is 1. The Morgan fingerprint density at radius 2 is 2.25 bits per heavy atom. The second-order valence-corrected chi connectivity index (χ2v) is 7.43. The van der Waals surface area contributed by atoms with Crippen molar-refractivity contribution in [3.8, 4) is 6.07 Å². The molecule has 126 valence electrons. The molecular formula is C17H21N5OS. The van der Waals surface area contributed by atoms with Gasteiger partial charge in [-0.1, -0.05) is 6.07 Å². The maximum Gasteiger partial charge on any atom is 0.168 e. The van der Waals surface area contributed by atoms with E-state index in [1.807, 2.05) is 40.6 Å². The molecule has 1 atom stereocenters. The molecule has 6 nitrogen and oxygen atoms in total. The molecule has 2 fully saturated rings. The fraction of sp³-hybridized carbons (Fsp3) is 0.529. The Bertz CT molecular complexity index is 756. The lowest BCUT2D eigenvalue weighted by Gasteiger charge is -2.43. The average Bonchev–Trinajstić information content (AvgIpc) is 3.25. The lowest BCUT2D eigenvalue weighted by Crippen LogP contribution is -2.57. The summed E-state index contributed by atoms with van der Waals surface area (Å²) in [5.74, 6) is 3.00. The molecule has 2 aliphatic rings. The van der Waals surface area contributed by atoms with Crippen molar-refractivity contribution in [2.45, 2.75) is 12.0 Å². The molecule has 0 bridgehead atoms. The smallest absolute Gasteiger partial charge is 0.168 e. The quantitative estimate of drug-likeness (QED) is 0.914.